The standard InChI is InChI=1S/C18H26N2S/c1-14(10-11-21-3)20(2)18(13-19)17-9-8-15-6-4-5-7-16(15)12-17/h4-9,12,14,18H,10-11,13,19H2,1-3H3. The van der Waals surface area contributed by atoms with Crippen molar-refractivity contribution >= 4 is 22.5 Å². The fraction of sp³-hybridized carbons (Fsp3) is 0.444. The second kappa shape index (κ2) is 7.83. The van der Waals surface area contributed by atoms with Crippen LogP contribution in [-0.4, -0.2) is 36.5 Å². The molecule has 0 saturated carbocycles. The van der Waals surface area contributed by atoms with Gasteiger partial charge in [0, 0.05) is 18.6 Å². The molecule has 0 aromatic heterocycles. The summed E-state index contributed by atoms with van der Waals surface area (Å²) in [6.07, 6.45) is 3.36. The summed E-state index contributed by atoms with van der Waals surface area (Å²) in [7, 11) is 2.19. The predicted octanol–water partition coefficient (Wildman–Crippen LogP) is 3.91. The molecule has 21 heavy (non-hydrogen) atoms. The van der Waals surface area contributed by atoms with Crippen LogP contribution >= 0.6 is 11.8 Å². The SMILES string of the molecule is CSCCC(C)N(C)C(CN)c1ccc2ccccc2c1. The lowest BCUT2D eigenvalue weighted by molar-refractivity contribution is 0.186. The molecule has 2 atom stereocenters. The summed E-state index contributed by atoms with van der Waals surface area (Å²) >= 11 is 1.91. The lowest BCUT2D eigenvalue weighted by Crippen LogP contribution is -2.37. The Kier molecular flexibility index (Phi) is 6.09. The lowest BCUT2D eigenvalue weighted by Gasteiger charge is -2.33. The Hall–Kier alpha value is -1.03. The van der Waals surface area contributed by atoms with E-state index in [1.807, 2.05) is 11.8 Å². The molecule has 0 aliphatic rings. The van der Waals surface area contributed by atoms with E-state index >= 15 is 0 Å². The average molecular weight is 302 g/mol. The van der Waals surface area contributed by atoms with Gasteiger partial charge < -0.3 is 5.73 Å². The number of fused-ring (bicyclic) bond motifs is 1. The van der Waals surface area contributed by atoms with E-state index in [9.17, 15) is 0 Å². The monoisotopic (exact) mass is 302 g/mol. The first kappa shape index (κ1) is 16.3. The number of nitrogens with two attached hydrogens (primary N) is 1. The molecule has 0 spiro atoms. The number of thioether (sulfide) groups is 1. The van der Waals surface area contributed by atoms with Crippen LogP contribution in [0.5, 0.6) is 0 Å². The summed E-state index contributed by atoms with van der Waals surface area (Å²) in [5, 5.41) is 2.58. The van der Waals surface area contributed by atoms with E-state index in [-0.39, 0.29) is 6.04 Å². The Morgan fingerprint density at radius 3 is 2.52 bits per heavy atom. The van der Waals surface area contributed by atoms with Crippen molar-refractivity contribution in [3.05, 3.63) is 48.0 Å². The quantitative estimate of drug-likeness (QED) is 0.840. The molecule has 0 saturated heterocycles. The van der Waals surface area contributed by atoms with Crippen LogP contribution in [0.4, 0.5) is 0 Å². The molecule has 0 aliphatic carbocycles. The molecule has 2 rings (SSSR count). The summed E-state index contributed by atoms with van der Waals surface area (Å²) in [6.45, 7) is 2.94. The van der Waals surface area contributed by atoms with Gasteiger partial charge in [0.2, 0.25) is 0 Å². The van der Waals surface area contributed by atoms with Crippen molar-refractivity contribution in [3.63, 3.8) is 0 Å². The van der Waals surface area contributed by atoms with Gasteiger partial charge in [-0.3, -0.25) is 4.90 Å². The zero-order valence-corrected chi connectivity index (χ0v) is 14.1. The molecule has 2 aromatic carbocycles. The molecule has 0 aliphatic heterocycles. The van der Waals surface area contributed by atoms with Crippen LogP contribution in [0, 0.1) is 0 Å². The smallest absolute Gasteiger partial charge is 0.0470 e. The van der Waals surface area contributed by atoms with Crippen LogP contribution < -0.4 is 5.73 Å². The Labute approximate surface area is 132 Å². The molecular weight excluding hydrogens is 276 g/mol. The third-order valence-electron chi connectivity index (χ3n) is 4.31. The van der Waals surface area contributed by atoms with E-state index in [1.165, 1.54) is 28.5 Å². The number of nitrogens with zero attached hydrogens (tertiary/aromatic N) is 1. The first-order valence-corrected chi connectivity index (χ1v) is 8.96. The average Bonchev–Trinajstić information content (AvgIpc) is 2.53. The molecule has 2 nitrogen and oxygen atoms in total. The Balaban J connectivity index is 2.21. The van der Waals surface area contributed by atoms with Crippen LogP contribution in [0.25, 0.3) is 10.8 Å². The van der Waals surface area contributed by atoms with E-state index in [1.54, 1.807) is 0 Å². The van der Waals surface area contributed by atoms with Crippen molar-refractivity contribution in [1.82, 2.24) is 4.90 Å². The van der Waals surface area contributed by atoms with E-state index in [0.29, 0.717) is 12.6 Å². The van der Waals surface area contributed by atoms with Gasteiger partial charge in [-0.15, -0.1) is 0 Å². The number of likely N-dealkylation sites (N-methyl/N-ethyl adjacent to an activating group) is 1. The Morgan fingerprint density at radius 1 is 1.14 bits per heavy atom. The largest absolute Gasteiger partial charge is 0.329 e. The molecule has 0 heterocycles. The van der Waals surface area contributed by atoms with E-state index < -0.39 is 0 Å². The maximum atomic E-state index is 6.07. The number of hydrogen-bond donors (Lipinski definition) is 1. The van der Waals surface area contributed by atoms with Crippen molar-refractivity contribution in [3.8, 4) is 0 Å². The van der Waals surface area contributed by atoms with Gasteiger partial charge in [0.15, 0.2) is 0 Å². The summed E-state index contributed by atoms with van der Waals surface area (Å²) in [6, 6.07) is 16.0. The zero-order chi connectivity index (χ0) is 15.2. The Bertz CT molecular complexity index is 570. The summed E-state index contributed by atoms with van der Waals surface area (Å²) < 4.78 is 0. The number of benzene rings is 2. The van der Waals surface area contributed by atoms with Crippen LogP contribution in [0.15, 0.2) is 42.5 Å². The fourth-order valence-corrected chi connectivity index (χ4v) is 3.33. The highest BCUT2D eigenvalue weighted by molar-refractivity contribution is 7.98. The third kappa shape index (κ3) is 4.00. The topological polar surface area (TPSA) is 29.3 Å². The maximum Gasteiger partial charge on any atom is 0.0470 e. The zero-order valence-electron chi connectivity index (χ0n) is 13.3. The van der Waals surface area contributed by atoms with E-state index in [0.717, 1.165) is 0 Å². The molecule has 0 radical (unpaired) electrons. The van der Waals surface area contributed by atoms with E-state index in [2.05, 4.69) is 67.6 Å². The second-order valence-electron chi connectivity index (χ2n) is 5.65. The highest BCUT2D eigenvalue weighted by atomic mass is 32.2. The van der Waals surface area contributed by atoms with Crippen molar-refractivity contribution < 1.29 is 0 Å². The lowest BCUT2D eigenvalue weighted by atomic mass is 9.99. The van der Waals surface area contributed by atoms with Crippen molar-refractivity contribution in [2.45, 2.75) is 25.4 Å². The molecule has 114 valence electrons. The molecule has 0 bridgehead atoms. The number of rotatable bonds is 7. The van der Waals surface area contributed by atoms with Crippen molar-refractivity contribution in [2.24, 2.45) is 5.73 Å². The highest BCUT2D eigenvalue weighted by Gasteiger charge is 2.20. The fourth-order valence-electron chi connectivity index (χ4n) is 2.75. The van der Waals surface area contributed by atoms with Crippen LogP contribution in [0.1, 0.15) is 24.9 Å². The molecule has 2 aromatic rings. The molecule has 2 unspecified atom stereocenters. The van der Waals surface area contributed by atoms with Gasteiger partial charge in [-0.2, -0.15) is 11.8 Å². The molecular formula is C18H26N2S. The van der Waals surface area contributed by atoms with Gasteiger partial charge in [0.25, 0.3) is 0 Å². The molecule has 0 amide bonds. The summed E-state index contributed by atoms with van der Waals surface area (Å²) in [5.74, 6) is 1.19. The molecule has 2 N–H and O–H groups in total. The third-order valence-corrected chi connectivity index (χ3v) is 4.95. The molecule has 3 heteroatoms. The van der Waals surface area contributed by atoms with Gasteiger partial charge in [-0.25, -0.2) is 0 Å². The van der Waals surface area contributed by atoms with E-state index in [4.69, 9.17) is 5.73 Å². The Morgan fingerprint density at radius 2 is 1.86 bits per heavy atom. The highest BCUT2D eigenvalue weighted by Crippen LogP contribution is 2.25. The second-order valence-corrected chi connectivity index (χ2v) is 6.64. The normalized spacial score (nSPS) is 14.5. The first-order valence-electron chi connectivity index (χ1n) is 7.57. The van der Waals surface area contributed by atoms with Gasteiger partial charge in [-0.05, 0) is 54.8 Å². The first-order chi connectivity index (χ1) is 10.2. The van der Waals surface area contributed by atoms with Crippen LogP contribution in [0.2, 0.25) is 0 Å². The van der Waals surface area contributed by atoms with Crippen LogP contribution in [-0.2, 0) is 0 Å². The minimum Gasteiger partial charge on any atom is -0.329 e. The van der Waals surface area contributed by atoms with Crippen molar-refractivity contribution in [1.29, 1.82) is 0 Å². The van der Waals surface area contributed by atoms with Crippen molar-refractivity contribution in [2.75, 3.05) is 25.6 Å². The number of hydrogen-bond acceptors (Lipinski definition) is 3. The summed E-state index contributed by atoms with van der Waals surface area (Å²) in [5.41, 5.74) is 7.38. The van der Waals surface area contributed by atoms with Gasteiger partial charge in [0.05, 0.1) is 0 Å². The van der Waals surface area contributed by atoms with Crippen LogP contribution in [0.3, 0.4) is 0 Å². The van der Waals surface area contributed by atoms with Gasteiger partial charge >= 0.3 is 0 Å². The minimum absolute atomic E-state index is 0.284. The molecule has 0 fully saturated rings. The predicted molar refractivity (Wildman–Crippen MR) is 96.0 cm³/mol. The van der Waals surface area contributed by atoms with Gasteiger partial charge in [-0.1, -0.05) is 36.4 Å². The summed E-state index contributed by atoms with van der Waals surface area (Å²) in [4.78, 5) is 2.42. The van der Waals surface area contributed by atoms with Gasteiger partial charge in [0.1, 0.15) is 0 Å². The minimum atomic E-state index is 0.284. The maximum absolute atomic E-state index is 6.07.